The fourth-order valence-electron chi connectivity index (χ4n) is 1.42. The molecule has 0 amide bonds. The summed E-state index contributed by atoms with van der Waals surface area (Å²) >= 11 is 1.59. The van der Waals surface area contributed by atoms with Gasteiger partial charge in [0.1, 0.15) is 11.9 Å². The fourth-order valence-corrected chi connectivity index (χ4v) is 1.89. The largest absolute Gasteiger partial charge is 0.480 e. The maximum atomic E-state index is 13.3. The molecular weight excluding hydrogens is 241 g/mol. The Morgan fingerprint density at radius 2 is 2.24 bits per heavy atom. The van der Waals surface area contributed by atoms with Gasteiger partial charge in [0.15, 0.2) is 0 Å². The minimum absolute atomic E-state index is 0.234. The second-order valence-electron chi connectivity index (χ2n) is 3.64. The highest BCUT2D eigenvalue weighted by molar-refractivity contribution is 7.98. The molecule has 0 saturated carbocycles. The van der Waals surface area contributed by atoms with E-state index in [-0.39, 0.29) is 12.4 Å². The van der Waals surface area contributed by atoms with Crippen molar-refractivity contribution in [2.75, 3.05) is 12.0 Å². The molecule has 17 heavy (non-hydrogen) atoms. The zero-order valence-corrected chi connectivity index (χ0v) is 10.5. The van der Waals surface area contributed by atoms with E-state index in [1.54, 1.807) is 30.0 Å². The molecule has 1 unspecified atom stereocenters. The number of nitrogens with one attached hydrogen (secondary N) is 1. The van der Waals surface area contributed by atoms with Gasteiger partial charge in [0.2, 0.25) is 0 Å². The number of aliphatic carboxylic acids is 1. The lowest BCUT2D eigenvalue weighted by atomic mass is 10.1. The molecule has 0 fully saturated rings. The van der Waals surface area contributed by atoms with Crippen LogP contribution in [0.5, 0.6) is 0 Å². The Balaban J connectivity index is 2.52. The SMILES string of the molecule is CSCCC(NCc1ccccc1F)C(=O)O. The second-order valence-corrected chi connectivity index (χ2v) is 4.63. The highest BCUT2D eigenvalue weighted by Crippen LogP contribution is 2.07. The highest BCUT2D eigenvalue weighted by Gasteiger charge is 2.16. The van der Waals surface area contributed by atoms with Crippen LogP contribution in [0.1, 0.15) is 12.0 Å². The fraction of sp³-hybridized carbons (Fsp3) is 0.417. The standard InChI is InChI=1S/C12H16FNO2S/c1-17-7-6-11(12(15)16)14-8-9-4-2-3-5-10(9)13/h2-5,11,14H,6-8H2,1H3,(H,15,16). The van der Waals surface area contributed by atoms with Gasteiger partial charge in [0.05, 0.1) is 0 Å². The van der Waals surface area contributed by atoms with Gasteiger partial charge in [-0.1, -0.05) is 18.2 Å². The molecule has 0 spiro atoms. The van der Waals surface area contributed by atoms with Crippen molar-refractivity contribution in [1.29, 1.82) is 0 Å². The Morgan fingerprint density at radius 3 is 2.82 bits per heavy atom. The van der Waals surface area contributed by atoms with Gasteiger partial charge in [0.25, 0.3) is 0 Å². The van der Waals surface area contributed by atoms with Crippen LogP contribution in [0.3, 0.4) is 0 Å². The number of halogens is 1. The Kier molecular flexibility index (Phi) is 6.00. The van der Waals surface area contributed by atoms with E-state index in [1.165, 1.54) is 6.07 Å². The first-order chi connectivity index (χ1) is 8.15. The van der Waals surface area contributed by atoms with E-state index in [9.17, 15) is 9.18 Å². The lowest BCUT2D eigenvalue weighted by molar-refractivity contribution is -0.139. The summed E-state index contributed by atoms with van der Waals surface area (Å²) in [7, 11) is 0. The van der Waals surface area contributed by atoms with Crippen LogP contribution in [0.25, 0.3) is 0 Å². The summed E-state index contributed by atoms with van der Waals surface area (Å²) in [5.41, 5.74) is 0.489. The molecule has 0 aliphatic rings. The Bertz CT molecular complexity index is 373. The van der Waals surface area contributed by atoms with E-state index in [0.717, 1.165) is 5.75 Å². The van der Waals surface area contributed by atoms with Crippen LogP contribution in [0.4, 0.5) is 4.39 Å². The molecule has 0 heterocycles. The summed E-state index contributed by atoms with van der Waals surface area (Å²) in [5, 5.41) is 11.8. The summed E-state index contributed by atoms with van der Waals surface area (Å²) in [6.07, 6.45) is 2.46. The third-order valence-corrected chi connectivity index (χ3v) is 3.05. The van der Waals surface area contributed by atoms with Crippen molar-refractivity contribution in [1.82, 2.24) is 5.32 Å². The van der Waals surface area contributed by atoms with Crippen LogP contribution in [0, 0.1) is 5.82 Å². The molecule has 1 aromatic carbocycles. The molecule has 3 nitrogen and oxygen atoms in total. The number of benzene rings is 1. The first kappa shape index (κ1) is 14.0. The molecule has 0 saturated heterocycles. The maximum Gasteiger partial charge on any atom is 0.320 e. The third-order valence-electron chi connectivity index (χ3n) is 2.41. The Hall–Kier alpha value is -1.07. The average Bonchev–Trinajstić information content (AvgIpc) is 2.31. The third kappa shape index (κ3) is 4.75. The van der Waals surface area contributed by atoms with Crippen molar-refractivity contribution in [2.45, 2.75) is 19.0 Å². The first-order valence-electron chi connectivity index (χ1n) is 5.33. The zero-order chi connectivity index (χ0) is 12.7. The number of rotatable bonds is 7. The van der Waals surface area contributed by atoms with E-state index in [0.29, 0.717) is 12.0 Å². The van der Waals surface area contributed by atoms with E-state index >= 15 is 0 Å². The lowest BCUT2D eigenvalue weighted by Gasteiger charge is -2.14. The van der Waals surface area contributed by atoms with E-state index in [1.807, 2.05) is 6.26 Å². The predicted octanol–water partition coefficient (Wildman–Crippen LogP) is 2.12. The molecule has 5 heteroatoms. The smallest absolute Gasteiger partial charge is 0.320 e. The number of carboxylic acids is 1. The number of carbonyl (C=O) groups is 1. The topological polar surface area (TPSA) is 49.3 Å². The first-order valence-corrected chi connectivity index (χ1v) is 6.73. The summed E-state index contributed by atoms with van der Waals surface area (Å²) in [6.45, 7) is 0.234. The van der Waals surface area contributed by atoms with Gasteiger partial charge in [-0.25, -0.2) is 4.39 Å². The highest BCUT2D eigenvalue weighted by atomic mass is 32.2. The molecule has 94 valence electrons. The number of carboxylic acid groups (broad SMARTS) is 1. The monoisotopic (exact) mass is 257 g/mol. The van der Waals surface area contributed by atoms with Gasteiger partial charge >= 0.3 is 5.97 Å². The van der Waals surface area contributed by atoms with E-state index in [2.05, 4.69) is 5.32 Å². The van der Waals surface area contributed by atoms with Gasteiger partial charge < -0.3 is 10.4 Å². The van der Waals surface area contributed by atoms with Crippen LogP contribution >= 0.6 is 11.8 Å². The summed E-state index contributed by atoms with van der Waals surface area (Å²) in [4.78, 5) is 10.9. The summed E-state index contributed by atoms with van der Waals surface area (Å²) in [5.74, 6) is -0.439. The van der Waals surface area contributed by atoms with Gasteiger partial charge in [-0.3, -0.25) is 4.79 Å². The van der Waals surface area contributed by atoms with Crippen molar-refractivity contribution in [2.24, 2.45) is 0 Å². The molecule has 0 aromatic heterocycles. The molecule has 1 atom stereocenters. The van der Waals surface area contributed by atoms with Crippen LogP contribution in [0.2, 0.25) is 0 Å². The molecule has 0 aliphatic heterocycles. The Morgan fingerprint density at radius 1 is 1.53 bits per heavy atom. The minimum Gasteiger partial charge on any atom is -0.480 e. The number of thioether (sulfide) groups is 1. The molecule has 1 aromatic rings. The summed E-state index contributed by atoms with van der Waals surface area (Å²) < 4.78 is 13.3. The van der Waals surface area contributed by atoms with Gasteiger partial charge in [-0.05, 0) is 24.5 Å². The number of hydrogen-bond donors (Lipinski definition) is 2. The molecule has 2 N–H and O–H groups in total. The van der Waals surface area contributed by atoms with Crippen molar-refractivity contribution < 1.29 is 14.3 Å². The minimum atomic E-state index is -0.893. The lowest BCUT2D eigenvalue weighted by Crippen LogP contribution is -2.36. The summed E-state index contributed by atoms with van der Waals surface area (Å²) in [6, 6.07) is 5.74. The maximum absolute atomic E-state index is 13.3. The normalized spacial score (nSPS) is 12.4. The van der Waals surface area contributed by atoms with Gasteiger partial charge in [-0.15, -0.1) is 0 Å². The number of hydrogen-bond acceptors (Lipinski definition) is 3. The molecule has 0 bridgehead atoms. The second kappa shape index (κ2) is 7.29. The van der Waals surface area contributed by atoms with Crippen LogP contribution in [-0.4, -0.2) is 29.1 Å². The molecule has 0 aliphatic carbocycles. The Labute approximate surface area is 104 Å². The van der Waals surface area contributed by atoms with Gasteiger partial charge in [-0.2, -0.15) is 11.8 Å². The molecular formula is C12H16FNO2S. The van der Waals surface area contributed by atoms with Crippen molar-refractivity contribution in [3.63, 3.8) is 0 Å². The van der Waals surface area contributed by atoms with Crippen molar-refractivity contribution in [3.8, 4) is 0 Å². The predicted molar refractivity (Wildman–Crippen MR) is 67.7 cm³/mol. The molecule has 1 rings (SSSR count). The van der Waals surface area contributed by atoms with E-state index in [4.69, 9.17) is 5.11 Å². The van der Waals surface area contributed by atoms with Crippen LogP contribution in [0.15, 0.2) is 24.3 Å². The van der Waals surface area contributed by atoms with Crippen molar-refractivity contribution >= 4 is 17.7 Å². The van der Waals surface area contributed by atoms with E-state index < -0.39 is 12.0 Å². The van der Waals surface area contributed by atoms with Crippen LogP contribution in [-0.2, 0) is 11.3 Å². The quantitative estimate of drug-likeness (QED) is 0.785. The average molecular weight is 257 g/mol. The molecule has 0 radical (unpaired) electrons. The zero-order valence-electron chi connectivity index (χ0n) is 9.65. The van der Waals surface area contributed by atoms with Crippen molar-refractivity contribution in [3.05, 3.63) is 35.6 Å². The van der Waals surface area contributed by atoms with Gasteiger partial charge in [0, 0.05) is 12.1 Å². The van der Waals surface area contributed by atoms with Crippen LogP contribution < -0.4 is 5.32 Å².